The summed E-state index contributed by atoms with van der Waals surface area (Å²) in [6.07, 6.45) is 0.678. The molecule has 0 radical (unpaired) electrons. The molecule has 1 aromatic carbocycles. The Kier molecular flexibility index (Phi) is 3.38. The maximum atomic E-state index is 13.0. The number of benzene rings is 1. The average molecular weight is 301 g/mol. The predicted molar refractivity (Wildman–Crippen MR) is 81.8 cm³/mol. The van der Waals surface area contributed by atoms with Crippen molar-refractivity contribution in [3.63, 3.8) is 0 Å². The van der Waals surface area contributed by atoms with Gasteiger partial charge in [-0.15, -0.1) is 0 Å². The van der Waals surface area contributed by atoms with Crippen LogP contribution < -0.4 is 16.2 Å². The fourth-order valence-electron chi connectivity index (χ4n) is 3.38. The topological polar surface area (TPSA) is 87.3 Å². The van der Waals surface area contributed by atoms with Crippen molar-refractivity contribution in [2.24, 2.45) is 5.92 Å². The van der Waals surface area contributed by atoms with Crippen molar-refractivity contribution in [3.05, 3.63) is 27.8 Å². The lowest BCUT2D eigenvalue weighted by molar-refractivity contribution is -0.118. The number of fused-ring (bicyclic) bond motifs is 2. The number of hydrazine groups is 1. The van der Waals surface area contributed by atoms with Gasteiger partial charge in [0.15, 0.2) is 5.78 Å². The highest BCUT2D eigenvalue weighted by atomic mass is 16.2. The van der Waals surface area contributed by atoms with Crippen molar-refractivity contribution in [2.75, 3.05) is 5.32 Å². The summed E-state index contributed by atoms with van der Waals surface area (Å²) in [6.45, 7) is 7.74. The van der Waals surface area contributed by atoms with Gasteiger partial charge in [0.25, 0.3) is 0 Å². The van der Waals surface area contributed by atoms with E-state index < -0.39 is 18.0 Å². The molecule has 0 aliphatic carbocycles. The molecule has 0 saturated carbocycles. The van der Waals surface area contributed by atoms with E-state index in [1.54, 1.807) is 0 Å². The highest BCUT2D eigenvalue weighted by Crippen LogP contribution is 2.36. The first kappa shape index (κ1) is 14.9. The number of anilines is 1. The first-order valence-corrected chi connectivity index (χ1v) is 7.30. The van der Waals surface area contributed by atoms with Crippen LogP contribution in [0.2, 0.25) is 0 Å². The van der Waals surface area contributed by atoms with Gasteiger partial charge in [0.05, 0.1) is 17.6 Å². The summed E-state index contributed by atoms with van der Waals surface area (Å²) in [5.74, 6) is -1.18. The molecule has 2 aliphatic heterocycles. The van der Waals surface area contributed by atoms with Gasteiger partial charge in [0.2, 0.25) is 5.91 Å². The van der Waals surface area contributed by atoms with Gasteiger partial charge in [-0.2, -0.15) is 0 Å². The molecule has 2 heterocycles. The summed E-state index contributed by atoms with van der Waals surface area (Å²) in [4.78, 5) is 36.7. The molecule has 6 heteroatoms. The Morgan fingerprint density at radius 2 is 1.55 bits per heavy atom. The van der Waals surface area contributed by atoms with Crippen LogP contribution in [-0.4, -0.2) is 30.1 Å². The zero-order valence-electron chi connectivity index (χ0n) is 13.0. The van der Waals surface area contributed by atoms with Crippen molar-refractivity contribution >= 4 is 23.7 Å². The molecule has 3 atom stereocenters. The third-order valence-corrected chi connectivity index (χ3v) is 5.07. The summed E-state index contributed by atoms with van der Waals surface area (Å²) in [5, 5.41) is 2.87. The molecular weight excluding hydrogens is 282 g/mol. The highest BCUT2D eigenvalue weighted by Gasteiger charge is 2.48. The van der Waals surface area contributed by atoms with Gasteiger partial charge in [0.1, 0.15) is 12.3 Å². The van der Waals surface area contributed by atoms with E-state index in [4.69, 9.17) is 0 Å². The molecule has 22 heavy (non-hydrogen) atoms. The van der Waals surface area contributed by atoms with Gasteiger partial charge in [-0.3, -0.25) is 9.59 Å². The van der Waals surface area contributed by atoms with Crippen LogP contribution in [0.15, 0.2) is 0 Å². The maximum absolute atomic E-state index is 13.0. The van der Waals surface area contributed by atoms with Gasteiger partial charge in [0, 0.05) is 5.56 Å². The molecule has 1 aromatic rings. The lowest BCUT2D eigenvalue weighted by Crippen LogP contribution is -2.42. The van der Waals surface area contributed by atoms with E-state index in [1.807, 2.05) is 27.7 Å². The first-order chi connectivity index (χ1) is 10.4. The van der Waals surface area contributed by atoms with Crippen molar-refractivity contribution in [1.29, 1.82) is 0 Å². The van der Waals surface area contributed by atoms with Crippen molar-refractivity contribution in [2.45, 2.75) is 39.8 Å². The first-order valence-electron chi connectivity index (χ1n) is 7.30. The van der Waals surface area contributed by atoms with Crippen LogP contribution in [0.5, 0.6) is 0 Å². The van der Waals surface area contributed by atoms with Gasteiger partial charge in [-0.05, 0) is 49.9 Å². The van der Waals surface area contributed by atoms with Crippen LogP contribution in [0.3, 0.4) is 0 Å². The standard InChI is InChI=1S/C16H19N3O3/c1-6-7(2)9(4)13-11(8(6)3)15(21)12-10(5-20)18-19-14(12)16(22)17-13/h5,10,12,14,18-19H,1-4H3,(H,17,22). The van der Waals surface area contributed by atoms with E-state index in [0.29, 0.717) is 17.5 Å². The minimum absolute atomic E-state index is 0.170. The van der Waals surface area contributed by atoms with Gasteiger partial charge >= 0.3 is 0 Å². The number of carbonyl (C=O) groups is 3. The van der Waals surface area contributed by atoms with Crippen LogP contribution in [0, 0.1) is 33.6 Å². The third kappa shape index (κ3) is 1.84. The van der Waals surface area contributed by atoms with Crippen LogP contribution in [0.25, 0.3) is 0 Å². The number of Topliss-reactive ketones (excluding diaryl/α,β-unsaturated/α-hetero) is 1. The zero-order valence-corrected chi connectivity index (χ0v) is 13.0. The van der Waals surface area contributed by atoms with Crippen LogP contribution >= 0.6 is 0 Å². The fourth-order valence-corrected chi connectivity index (χ4v) is 3.38. The van der Waals surface area contributed by atoms with Crippen molar-refractivity contribution in [3.8, 4) is 0 Å². The van der Waals surface area contributed by atoms with Gasteiger partial charge < -0.3 is 10.1 Å². The van der Waals surface area contributed by atoms with E-state index in [2.05, 4.69) is 16.2 Å². The molecule has 0 aromatic heterocycles. The smallest absolute Gasteiger partial charge is 0.243 e. The second-order valence-corrected chi connectivity index (χ2v) is 6.06. The van der Waals surface area contributed by atoms with E-state index in [1.165, 1.54) is 0 Å². The van der Waals surface area contributed by atoms with E-state index >= 15 is 0 Å². The van der Waals surface area contributed by atoms with E-state index in [-0.39, 0.29) is 11.7 Å². The number of rotatable bonds is 1. The quantitative estimate of drug-likeness (QED) is 0.665. The summed E-state index contributed by atoms with van der Waals surface area (Å²) < 4.78 is 0. The average Bonchev–Trinajstić information content (AvgIpc) is 2.89. The van der Waals surface area contributed by atoms with Crippen LogP contribution in [0.1, 0.15) is 32.6 Å². The summed E-state index contributed by atoms with van der Waals surface area (Å²) in [7, 11) is 0. The molecule has 1 fully saturated rings. The van der Waals surface area contributed by atoms with Crippen molar-refractivity contribution in [1.82, 2.24) is 10.9 Å². The predicted octanol–water partition coefficient (Wildman–Crippen LogP) is 0.715. The normalized spacial score (nSPS) is 27.0. The Hall–Kier alpha value is -2.05. The summed E-state index contributed by atoms with van der Waals surface area (Å²) in [5.41, 5.74) is 10.5. The van der Waals surface area contributed by atoms with E-state index in [0.717, 1.165) is 22.3 Å². The number of hydrogen-bond donors (Lipinski definition) is 3. The Balaban J connectivity index is 2.27. The Morgan fingerprint density at radius 3 is 2.18 bits per heavy atom. The molecule has 0 bridgehead atoms. The lowest BCUT2D eigenvalue weighted by Gasteiger charge is -2.20. The number of amides is 1. The molecule has 1 saturated heterocycles. The fraction of sp³-hybridized carbons (Fsp3) is 0.438. The number of hydrogen-bond acceptors (Lipinski definition) is 5. The lowest BCUT2D eigenvalue weighted by atomic mass is 9.83. The third-order valence-electron chi connectivity index (χ3n) is 5.07. The monoisotopic (exact) mass is 301 g/mol. The van der Waals surface area contributed by atoms with Crippen LogP contribution in [0.4, 0.5) is 5.69 Å². The molecule has 1 amide bonds. The molecular formula is C16H19N3O3. The Labute approximate surface area is 128 Å². The number of ketones is 1. The summed E-state index contributed by atoms with van der Waals surface area (Å²) >= 11 is 0. The maximum Gasteiger partial charge on any atom is 0.243 e. The van der Waals surface area contributed by atoms with Crippen LogP contribution in [-0.2, 0) is 9.59 Å². The molecule has 3 N–H and O–H groups in total. The summed E-state index contributed by atoms with van der Waals surface area (Å²) in [6, 6.07) is -1.44. The van der Waals surface area contributed by atoms with Gasteiger partial charge in [-0.1, -0.05) is 0 Å². The SMILES string of the molecule is Cc1c(C)c(C)c2c(c1C)NC(=O)C1NNC(C=O)C1C2=O. The largest absolute Gasteiger partial charge is 0.324 e. The van der Waals surface area contributed by atoms with Gasteiger partial charge in [-0.25, -0.2) is 10.9 Å². The number of nitrogens with one attached hydrogen (secondary N) is 3. The minimum Gasteiger partial charge on any atom is -0.324 e. The molecule has 3 rings (SSSR count). The Morgan fingerprint density at radius 1 is 0.909 bits per heavy atom. The Bertz CT molecular complexity index is 711. The molecule has 116 valence electrons. The highest BCUT2D eigenvalue weighted by molar-refractivity contribution is 6.15. The van der Waals surface area contributed by atoms with E-state index in [9.17, 15) is 14.4 Å². The number of carbonyl (C=O) groups excluding carboxylic acids is 3. The minimum atomic E-state index is -0.741. The molecule has 6 nitrogen and oxygen atoms in total. The number of aldehydes is 1. The molecule has 2 aliphatic rings. The zero-order chi connectivity index (χ0) is 16.2. The second-order valence-electron chi connectivity index (χ2n) is 6.06. The second kappa shape index (κ2) is 5.00. The molecule has 3 unspecified atom stereocenters. The van der Waals surface area contributed by atoms with Crippen molar-refractivity contribution < 1.29 is 14.4 Å². The molecule has 0 spiro atoms.